The summed E-state index contributed by atoms with van der Waals surface area (Å²) in [6, 6.07) is 6.77. The third kappa shape index (κ3) is 2.54. The summed E-state index contributed by atoms with van der Waals surface area (Å²) in [6.45, 7) is 0. The van der Waals surface area contributed by atoms with Gasteiger partial charge in [-0.25, -0.2) is 9.48 Å². The summed E-state index contributed by atoms with van der Waals surface area (Å²) in [4.78, 5) is 25.9. The zero-order valence-electron chi connectivity index (χ0n) is 12.8. The molecule has 0 spiro atoms. The molecule has 0 aliphatic rings. The van der Waals surface area contributed by atoms with Gasteiger partial charge in [0.15, 0.2) is 5.58 Å². The molecule has 0 saturated heterocycles. The molecule has 3 aromatic heterocycles. The Morgan fingerprint density at radius 1 is 1.25 bits per heavy atom. The van der Waals surface area contributed by atoms with Crippen LogP contribution in [0.1, 0.15) is 11.3 Å². The largest absolute Gasteiger partial charge is 0.417 e. The Kier molecular flexibility index (Phi) is 3.16. The Morgan fingerprint density at radius 3 is 2.92 bits per heavy atom. The van der Waals surface area contributed by atoms with Gasteiger partial charge >= 0.3 is 5.76 Å². The summed E-state index contributed by atoms with van der Waals surface area (Å²) in [6.07, 6.45) is 5.44. The van der Waals surface area contributed by atoms with Crippen molar-refractivity contribution in [2.24, 2.45) is 7.05 Å². The van der Waals surface area contributed by atoms with E-state index in [-0.39, 0.29) is 5.43 Å². The maximum Gasteiger partial charge on any atom is 0.417 e. The third-order valence-electron chi connectivity index (χ3n) is 3.69. The van der Waals surface area contributed by atoms with Crippen LogP contribution >= 0.6 is 0 Å². The second-order valence-corrected chi connectivity index (χ2v) is 5.47. The number of aromatic amines is 1. The Balaban J connectivity index is 1.72. The van der Waals surface area contributed by atoms with E-state index in [0.717, 1.165) is 11.3 Å². The molecule has 3 heterocycles. The number of rotatable bonds is 3. The lowest BCUT2D eigenvalue weighted by Crippen LogP contribution is -2.16. The number of H-pyrrole nitrogens is 1. The van der Waals surface area contributed by atoms with Crippen LogP contribution in [0.5, 0.6) is 0 Å². The van der Waals surface area contributed by atoms with Gasteiger partial charge in [0, 0.05) is 25.7 Å². The van der Waals surface area contributed by atoms with Crippen molar-refractivity contribution in [2.75, 3.05) is 0 Å². The molecule has 24 heavy (non-hydrogen) atoms. The van der Waals surface area contributed by atoms with Crippen LogP contribution in [0.15, 0.2) is 56.9 Å². The van der Waals surface area contributed by atoms with Crippen molar-refractivity contribution >= 4 is 11.1 Å². The van der Waals surface area contributed by atoms with E-state index in [2.05, 4.69) is 15.2 Å². The van der Waals surface area contributed by atoms with Crippen molar-refractivity contribution in [2.45, 2.75) is 6.42 Å². The normalized spacial score (nSPS) is 11.2. The monoisotopic (exact) mass is 323 g/mol. The maximum atomic E-state index is 12.1. The average molecular weight is 323 g/mol. The molecule has 8 heteroatoms. The maximum absolute atomic E-state index is 12.1. The highest BCUT2D eigenvalue weighted by Crippen LogP contribution is 2.14. The van der Waals surface area contributed by atoms with E-state index in [4.69, 9.17) is 4.42 Å². The van der Waals surface area contributed by atoms with E-state index in [1.807, 2.05) is 19.3 Å². The lowest BCUT2D eigenvalue weighted by molar-refractivity contribution is 0.555. The van der Waals surface area contributed by atoms with E-state index < -0.39 is 5.76 Å². The molecule has 0 unspecified atom stereocenters. The number of hydrogen-bond acceptors (Lipinski definition) is 5. The van der Waals surface area contributed by atoms with E-state index in [0.29, 0.717) is 23.2 Å². The van der Waals surface area contributed by atoms with Crippen LogP contribution in [-0.4, -0.2) is 24.5 Å². The smallest absolute Gasteiger partial charge is 0.408 e. The van der Waals surface area contributed by atoms with E-state index in [9.17, 15) is 9.59 Å². The summed E-state index contributed by atoms with van der Waals surface area (Å²) in [7, 11) is 1.81. The Labute approximate surface area is 135 Å². The van der Waals surface area contributed by atoms with Gasteiger partial charge in [-0.15, -0.1) is 0 Å². The SMILES string of the molecule is Cn1cc(-n2ccc(=O)c(Cc3ccc4oc(=O)[nH]c4c3)n2)cn1. The van der Waals surface area contributed by atoms with Crippen LogP contribution in [0.4, 0.5) is 0 Å². The third-order valence-corrected chi connectivity index (χ3v) is 3.69. The first-order chi connectivity index (χ1) is 11.6. The highest BCUT2D eigenvalue weighted by molar-refractivity contribution is 5.72. The molecule has 0 fully saturated rings. The molecular weight excluding hydrogens is 310 g/mol. The molecule has 1 N–H and O–H groups in total. The quantitative estimate of drug-likeness (QED) is 0.606. The first-order valence-corrected chi connectivity index (χ1v) is 7.28. The van der Waals surface area contributed by atoms with Crippen LogP contribution in [0, 0.1) is 0 Å². The first kappa shape index (κ1) is 14.2. The molecule has 120 valence electrons. The fraction of sp³-hybridized carbons (Fsp3) is 0.125. The zero-order chi connectivity index (χ0) is 16.7. The highest BCUT2D eigenvalue weighted by atomic mass is 16.4. The van der Waals surface area contributed by atoms with Crippen molar-refractivity contribution in [1.82, 2.24) is 24.5 Å². The molecule has 0 atom stereocenters. The molecule has 0 aliphatic carbocycles. The molecule has 0 radical (unpaired) electrons. The lowest BCUT2D eigenvalue weighted by atomic mass is 10.1. The van der Waals surface area contributed by atoms with E-state index >= 15 is 0 Å². The van der Waals surface area contributed by atoms with Crippen LogP contribution in [-0.2, 0) is 13.5 Å². The Hall–Kier alpha value is -3.42. The second kappa shape index (κ2) is 5.34. The van der Waals surface area contributed by atoms with Crippen molar-refractivity contribution in [3.8, 4) is 5.69 Å². The van der Waals surface area contributed by atoms with Gasteiger partial charge in [0.05, 0.1) is 17.9 Å². The Morgan fingerprint density at radius 2 is 2.12 bits per heavy atom. The number of fused-ring (bicyclic) bond motifs is 1. The molecule has 0 bridgehead atoms. The predicted octanol–water partition coefficient (Wildman–Crippen LogP) is 0.991. The number of aromatic nitrogens is 5. The van der Waals surface area contributed by atoms with Gasteiger partial charge in [0.2, 0.25) is 5.43 Å². The standard InChI is InChI=1S/C16H13N5O3/c1-20-9-11(8-17-20)21-5-4-14(22)12(19-21)6-10-2-3-15-13(7-10)18-16(23)24-15/h2-5,7-9H,6H2,1H3,(H,18,23). The number of aryl methyl sites for hydroxylation is 1. The van der Waals surface area contributed by atoms with E-state index in [1.165, 1.54) is 6.07 Å². The topological polar surface area (TPSA) is 98.7 Å². The van der Waals surface area contributed by atoms with Crippen molar-refractivity contribution in [1.29, 1.82) is 0 Å². The molecule has 4 rings (SSSR count). The van der Waals surface area contributed by atoms with Crippen LogP contribution in [0.25, 0.3) is 16.8 Å². The zero-order valence-corrected chi connectivity index (χ0v) is 12.8. The molecule has 0 saturated carbocycles. The van der Waals surface area contributed by atoms with Gasteiger partial charge in [-0.1, -0.05) is 6.07 Å². The van der Waals surface area contributed by atoms with Crippen molar-refractivity contribution in [3.63, 3.8) is 0 Å². The van der Waals surface area contributed by atoms with Crippen molar-refractivity contribution in [3.05, 3.63) is 74.9 Å². The van der Waals surface area contributed by atoms with Gasteiger partial charge in [-0.2, -0.15) is 10.2 Å². The summed E-state index contributed by atoms with van der Waals surface area (Å²) >= 11 is 0. The fourth-order valence-corrected chi connectivity index (χ4v) is 2.54. The van der Waals surface area contributed by atoms with Gasteiger partial charge in [-0.05, 0) is 17.7 Å². The summed E-state index contributed by atoms with van der Waals surface area (Å²) in [5.41, 5.74) is 2.97. The number of nitrogens with zero attached hydrogens (tertiary/aromatic N) is 4. The van der Waals surface area contributed by atoms with Gasteiger partial charge in [0.1, 0.15) is 11.4 Å². The number of benzene rings is 1. The lowest BCUT2D eigenvalue weighted by Gasteiger charge is -2.05. The van der Waals surface area contributed by atoms with Crippen molar-refractivity contribution < 1.29 is 4.42 Å². The summed E-state index contributed by atoms with van der Waals surface area (Å²) < 4.78 is 8.25. The highest BCUT2D eigenvalue weighted by Gasteiger charge is 2.08. The minimum absolute atomic E-state index is 0.143. The van der Waals surface area contributed by atoms with E-state index in [1.54, 1.807) is 33.9 Å². The fourth-order valence-electron chi connectivity index (χ4n) is 2.54. The number of oxazole rings is 1. The molecular formula is C16H13N5O3. The van der Waals surface area contributed by atoms with Crippen LogP contribution < -0.4 is 11.2 Å². The van der Waals surface area contributed by atoms with Gasteiger partial charge < -0.3 is 4.42 Å². The Bertz CT molecular complexity index is 1150. The minimum Gasteiger partial charge on any atom is -0.408 e. The summed E-state index contributed by atoms with van der Waals surface area (Å²) in [5, 5.41) is 8.49. The first-order valence-electron chi connectivity index (χ1n) is 7.28. The molecule has 0 amide bonds. The average Bonchev–Trinajstić information content (AvgIpc) is 3.14. The molecule has 1 aromatic carbocycles. The minimum atomic E-state index is -0.501. The van der Waals surface area contributed by atoms with Crippen LogP contribution in [0.3, 0.4) is 0 Å². The van der Waals surface area contributed by atoms with Gasteiger partial charge in [0.25, 0.3) is 0 Å². The van der Waals surface area contributed by atoms with Gasteiger partial charge in [-0.3, -0.25) is 14.5 Å². The predicted molar refractivity (Wildman–Crippen MR) is 86.2 cm³/mol. The molecule has 0 aliphatic heterocycles. The number of nitrogens with one attached hydrogen (secondary N) is 1. The molecule has 8 nitrogen and oxygen atoms in total. The van der Waals surface area contributed by atoms with Crippen LogP contribution in [0.2, 0.25) is 0 Å². The molecule has 4 aromatic rings. The second-order valence-electron chi connectivity index (χ2n) is 5.47. The number of hydrogen-bond donors (Lipinski definition) is 1. The summed E-state index contributed by atoms with van der Waals surface area (Å²) in [5.74, 6) is -0.501.